The van der Waals surface area contributed by atoms with Gasteiger partial charge in [0.05, 0.1) is 4.92 Å². The van der Waals surface area contributed by atoms with Gasteiger partial charge in [-0.2, -0.15) is 0 Å². The number of nitro groups is 1. The number of aromatic nitrogens is 2. The van der Waals surface area contributed by atoms with Crippen molar-refractivity contribution in [2.24, 2.45) is 0 Å². The van der Waals surface area contributed by atoms with Gasteiger partial charge in [-0.3, -0.25) is 10.1 Å². The molecule has 1 heterocycles. The van der Waals surface area contributed by atoms with E-state index in [9.17, 15) is 10.1 Å². The van der Waals surface area contributed by atoms with E-state index >= 15 is 0 Å². The molecule has 19 heavy (non-hydrogen) atoms. The van der Waals surface area contributed by atoms with Crippen molar-refractivity contribution in [3.63, 3.8) is 0 Å². The van der Waals surface area contributed by atoms with Crippen LogP contribution in [0.1, 0.15) is 17.7 Å². The third-order valence-corrected chi connectivity index (χ3v) is 4.63. The van der Waals surface area contributed by atoms with Crippen LogP contribution in [0.15, 0.2) is 28.6 Å². The molecular formula is C11H12N4O2S2. The first-order chi connectivity index (χ1) is 9.10. The number of benzene rings is 1. The van der Waals surface area contributed by atoms with E-state index in [-0.39, 0.29) is 15.9 Å². The summed E-state index contributed by atoms with van der Waals surface area (Å²) in [7, 11) is 1.79. The van der Waals surface area contributed by atoms with Crippen LogP contribution in [-0.4, -0.2) is 22.2 Å². The average Bonchev–Trinajstić information content (AvgIpc) is 2.86. The highest BCUT2D eigenvalue weighted by Crippen LogP contribution is 2.37. The SMILES string of the molecule is CNc1nnc(S[C@H](C)c2cccc([N+](=O)[O-])c2)s1. The molecular weight excluding hydrogens is 284 g/mol. The number of hydrogen-bond donors (Lipinski definition) is 1. The highest BCUT2D eigenvalue weighted by Gasteiger charge is 2.14. The number of nitrogens with one attached hydrogen (secondary N) is 1. The average molecular weight is 296 g/mol. The molecule has 2 aromatic rings. The normalized spacial score (nSPS) is 12.1. The second-order valence-corrected chi connectivity index (χ2v) is 6.30. The zero-order valence-corrected chi connectivity index (χ0v) is 12.0. The van der Waals surface area contributed by atoms with Crippen LogP contribution in [0.3, 0.4) is 0 Å². The van der Waals surface area contributed by atoms with E-state index in [0.29, 0.717) is 0 Å². The van der Waals surface area contributed by atoms with E-state index < -0.39 is 0 Å². The lowest BCUT2D eigenvalue weighted by atomic mass is 10.1. The van der Waals surface area contributed by atoms with Crippen LogP contribution in [0.25, 0.3) is 0 Å². The summed E-state index contributed by atoms with van der Waals surface area (Å²) in [5, 5.41) is 22.5. The molecule has 0 bridgehead atoms. The number of non-ortho nitro benzene ring substituents is 1. The first kappa shape index (κ1) is 13.8. The number of anilines is 1. The predicted octanol–water partition coefficient (Wildman–Crippen LogP) is 3.34. The first-order valence-electron chi connectivity index (χ1n) is 5.52. The van der Waals surface area contributed by atoms with E-state index in [0.717, 1.165) is 15.0 Å². The molecule has 0 unspecified atom stereocenters. The Morgan fingerprint density at radius 2 is 2.26 bits per heavy atom. The van der Waals surface area contributed by atoms with Crippen LogP contribution < -0.4 is 5.32 Å². The van der Waals surface area contributed by atoms with Crippen LogP contribution in [-0.2, 0) is 0 Å². The van der Waals surface area contributed by atoms with Gasteiger partial charge in [0.25, 0.3) is 5.69 Å². The molecule has 6 nitrogen and oxygen atoms in total. The molecule has 0 saturated carbocycles. The Labute approximate surface area is 118 Å². The van der Waals surface area contributed by atoms with Crippen molar-refractivity contribution in [3.8, 4) is 0 Å². The fraction of sp³-hybridized carbons (Fsp3) is 0.273. The Kier molecular flexibility index (Phi) is 4.33. The van der Waals surface area contributed by atoms with Gasteiger partial charge < -0.3 is 5.32 Å². The molecule has 0 aliphatic rings. The molecule has 0 aliphatic carbocycles. The van der Waals surface area contributed by atoms with Gasteiger partial charge in [-0.15, -0.1) is 10.2 Å². The number of hydrogen-bond acceptors (Lipinski definition) is 7. The molecule has 1 aromatic heterocycles. The largest absolute Gasteiger partial charge is 0.363 e. The minimum atomic E-state index is -0.384. The summed E-state index contributed by atoms with van der Waals surface area (Å²) in [5.41, 5.74) is 1.01. The predicted molar refractivity (Wildman–Crippen MR) is 76.8 cm³/mol. The lowest BCUT2D eigenvalue weighted by Crippen LogP contribution is -1.92. The van der Waals surface area contributed by atoms with Crippen molar-refractivity contribution in [2.75, 3.05) is 12.4 Å². The maximum absolute atomic E-state index is 10.7. The van der Waals surface area contributed by atoms with Gasteiger partial charge in [0.1, 0.15) is 0 Å². The quantitative estimate of drug-likeness (QED) is 0.518. The summed E-state index contributed by atoms with van der Waals surface area (Å²) in [6.45, 7) is 1.99. The minimum absolute atomic E-state index is 0.0811. The highest BCUT2D eigenvalue weighted by molar-refractivity contribution is 8.01. The molecule has 1 N–H and O–H groups in total. The van der Waals surface area contributed by atoms with E-state index in [2.05, 4.69) is 15.5 Å². The molecule has 0 spiro atoms. The maximum Gasteiger partial charge on any atom is 0.269 e. The van der Waals surface area contributed by atoms with Gasteiger partial charge >= 0.3 is 0 Å². The van der Waals surface area contributed by atoms with Crippen molar-refractivity contribution in [1.82, 2.24) is 10.2 Å². The van der Waals surface area contributed by atoms with Gasteiger partial charge in [-0.1, -0.05) is 35.2 Å². The second kappa shape index (κ2) is 5.98. The van der Waals surface area contributed by atoms with Crippen molar-refractivity contribution < 1.29 is 4.92 Å². The molecule has 1 aromatic carbocycles. The third-order valence-electron chi connectivity index (χ3n) is 2.45. The molecule has 0 radical (unpaired) electrons. The summed E-state index contributed by atoms with van der Waals surface area (Å²) in [5.74, 6) is 0. The van der Waals surface area contributed by atoms with Crippen LogP contribution in [0.4, 0.5) is 10.8 Å². The fourth-order valence-electron chi connectivity index (χ4n) is 1.47. The summed E-state index contributed by atoms with van der Waals surface area (Å²) in [4.78, 5) is 10.4. The van der Waals surface area contributed by atoms with Gasteiger partial charge in [-0.05, 0) is 12.5 Å². The van der Waals surface area contributed by atoms with E-state index in [1.165, 1.54) is 29.2 Å². The molecule has 0 fully saturated rings. The lowest BCUT2D eigenvalue weighted by molar-refractivity contribution is -0.384. The summed E-state index contributed by atoms with van der Waals surface area (Å²) in [6, 6.07) is 6.66. The zero-order valence-electron chi connectivity index (χ0n) is 10.4. The van der Waals surface area contributed by atoms with Gasteiger partial charge in [-0.25, -0.2) is 0 Å². The number of thioether (sulfide) groups is 1. The monoisotopic (exact) mass is 296 g/mol. The van der Waals surface area contributed by atoms with E-state index in [1.807, 2.05) is 13.0 Å². The number of nitro benzene ring substituents is 1. The molecule has 8 heteroatoms. The standard InChI is InChI=1S/C11H12N4O2S2/c1-7(18-11-14-13-10(12-2)19-11)8-4-3-5-9(6-8)15(16)17/h3-7H,1-2H3,(H,12,13)/t7-/m1/s1. The number of rotatable bonds is 5. The highest BCUT2D eigenvalue weighted by atomic mass is 32.2. The zero-order chi connectivity index (χ0) is 13.8. The van der Waals surface area contributed by atoms with Crippen molar-refractivity contribution in [3.05, 3.63) is 39.9 Å². The van der Waals surface area contributed by atoms with Crippen LogP contribution in [0.2, 0.25) is 0 Å². The fourth-order valence-corrected chi connectivity index (χ4v) is 3.44. The van der Waals surface area contributed by atoms with Gasteiger partial charge in [0, 0.05) is 24.4 Å². The maximum atomic E-state index is 10.7. The Morgan fingerprint density at radius 3 is 2.89 bits per heavy atom. The smallest absolute Gasteiger partial charge is 0.269 e. The second-order valence-electron chi connectivity index (χ2n) is 3.74. The van der Waals surface area contributed by atoms with E-state index in [4.69, 9.17) is 0 Å². The Bertz CT molecular complexity index is 588. The molecule has 1 atom stereocenters. The summed E-state index contributed by atoms with van der Waals surface area (Å²) >= 11 is 3.00. The topological polar surface area (TPSA) is 81.0 Å². The van der Waals surface area contributed by atoms with Crippen LogP contribution in [0.5, 0.6) is 0 Å². The van der Waals surface area contributed by atoms with Gasteiger partial charge in [0.15, 0.2) is 4.34 Å². The minimum Gasteiger partial charge on any atom is -0.363 e. The van der Waals surface area contributed by atoms with Crippen molar-refractivity contribution in [2.45, 2.75) is 16.5 Å². The summed E-state index contributed by atoms with van der Waals surface area (Å²) in [6.07, 6.45) is 0. The molecule has 0 amide bonds. The number of nitrogens with zero attached hydrogens (tertiary/aromatic N) is 3. The van der Waals surface area contributed by atoms with Crippen LogP contribution >= 0.6 is 23.1 Å². The third kappa shape index (κ3) is 3.42. The Balaban J connectivity index is 2.12. The molecule has 100 valence electrons. The first-order valence-corrected chi connectivity index (χ1v) is 7.22. The van der Waals surface area contributed by atoms with E-state index in [1.54, 1.807) is 19.2 Å². The van der Waals surface area contributed by atoms with Crippen molar-refractivity contribution in [1.29, 1.82) is 0 Å². The molecule has 2 rings (SSSR count). The lowest BCUT2D eigenvalue weighted by Gasteiger charge is -2.08. The van der Waals surface area contributed by atoms with Gasteiger partial charge in [0.2, 0.25) is 5.13 Å². The van der Waals surface area contributed by atoms with Crippen molar-refractivity contribution >= 4 is 33.9 Å². The summed E-state index contributed by atoms with van der Waals surface area (Å²) < 4.78 is 0.836. The van der Waals surface area contributed by atoms with Crippen LogP contribution in [0, 0.1) is 10.1 Å². The Morgan fingerprint density at radius 1 is 1.47 bits per heavy atom. The Hall–Kier alpha value is -1.67. The molecule has 0 saturated heterocycles. The molecule has 0 aliphatic heterocycles.